The lowest BCUT2D eigenvalue weighted by Crippen LogP contribution is -2.25. The fourth-order valence-electron chi connectivity index (χ4n) is 3.09. The summed E-state index contributed by atoms with van der Waals surface area (Å²) in [5.74, 6) is 0.825. The maximum atomic E-state index is 12.3. The van der Waals surface area contributed by atoms with Gasteiger partial charge in [0.05, 0.1) is 5.52 Å². The molecule has 1 saturated carbocycles. The van der Waals surface area contributed by atoms with Crippen molar-refractivity contribution in [3.05, 3.63) is 42.1 Å². The number of nitrogens with one attached hydrogen (secondary N) is 1. The first-order chi connectivity index (χ1) is 9.84. The van der Waals surface area contributed by atoms with Crippen LogP contribution in [0, 0.1) is 5.92 Å². The summed E-state index contributed by atoms with van der Waals surface area (Å²) in [6.07, 6.45) is 8.22. The minimum atomic E-state index is 0.0154. The van der Waals surface area contributed by atoms with Crippen LogP contribution in [-0.2, 0) is 0 Å². The van der Waals surface area contributed by atoms with Crippen molar-refractivity contribution in [3.63, 3.8) is 0 Å². The second-order valence-electron chi connectivity index (χ2n) is 5.57. The predicted octanol–water partition coefficient (Wildman–Crippen LogP) is 3.54. The van der Waals surface area contributed by atoms with E-state index in [4.69, 9.17) is 0 Å². The highest BCUT2D eigenvalue weighted by molar-refractivity contribution is 6.06. The van der Waals surface area contributed by atoms with Crippen LogP contribution in [0.3, 0.4) is 0 Å². The molecule has 0 atom stereocenters. The Bertz CT molecular complexity index is 597. The highest BCUT2D eigenvalue weighted by atomic mass is 16.1. The van der Waals surface area contributed by atoms with E-state index in [1.807, 2.05) is 30.3 Å². The molecule has 0 aliphatic heterocycles. The maximum absolute atomic E-state index is 12.3. The Balaban J connectivity index is 1.66. The van der Waals surface area contributed by atoms with E-state index < -0.39 is 0 Å². The summed E-state index contributed by atoms with van der Waals surface area (Å²) < 4.78 is 0. The third-order valence-corrected chi connectivity index (χ3v) is 4.20. The molecule has 1 aromatic carbocycles. The third kappa shape index (κ3) is 2.82. The summed E-state index contributed by atoms with van der Waals surface area (Å²) in [6.45, 7) is 0.778. The first-order valence-electron chi connectivity index (χ1n) is 7.46. The quantitative estimate of drug-likeness (QED) is 0.921. The van der Waals surface area contributed by atoms with Gasteiger partial charge in [-0.1, -0.05) is 37.8 Å². The first-order valence-corrected chi connectivity index (χ1v) is 7.46. The predicted molar refractivity (Wildman–Crippen MR) is 80.7 cm³/mol. The fraction of sp³-hybridized carbons (Fsp3) is 0.412. The van der Waals surface area contributed by atoms with Crippen molar-refractivity contribution in [2.24, 2.45) is 5.92 Å². The fourth-order valence-corrected chi connectivity index (χ4v) is 3.09. The van der Waals surface area contributed by atoms with Crippen LogP contribution in [0.1, 0.15) is 42.5 Å². The number of pyridine rings is 1. The molecule has 1 N–H and O–H groups in total. The van der Waals surface area contributed by atoms with E-state index in [1.165, 1.54) is 25.7 Å². The van der Waals surface area contributed by atoms with Crippen LogP contribution in [0.25, 0.3) is 10.9 Å². The average Bonchev–Trinajstić information content (AvgIpc) is 3.00. The number of nitrogens with zero attached hydrogens (tertiary/aromatic N) is 1. The Morgan fingerprint density at radius 3 is 2.90 bits per heavy atom. The summed E-state index contributed by atoms with van der Waals surface area (Å²) in [5.41, 5.74) is 1.60. The lowest BCUT2D eigenvalue weighted by Gasteiger charge is -2.11. The molecule has 1 fully saturated rings. The number of amides is 1. The molecule has 2 aromatic rings. The summed E-state index contributed by atoms with van der Waals surface area (Å²) in [6, 6.07) is 9.52. The van der Waals surface area contributed by atoms with Gasteiger partial charge in [0.2, 0.25) is 0 Å². The highest BCUT2D eigenvalue weighted by Gasteiger charge is 2.15. The molecule has 20 heavy (non-hydrogen) atoms. The first kappa shape index (κ1) is 13.1. The number of carbonyl (C=O) groups is 1. The van der Waals surface area contributed by atoms with Gasteiger partial charge in [-0.25, -0.2) is 0 Å². The van der Waals surface area contributed by atoms with Gasteiger partial charge >= 0.3 is 0 Å². The van der Waals surface area contributed by atoms with E-state index in [-0.39, 0.29) is 5.91 Å². The van der Waals surface area contributed by atoms with Gasteiger partial charge in [0.1, 0.15) is 0 Å². The van der Waals surface area contributed by atoms with Crippen LogP contribution in [-0.4, -0.2) is 17.4 Å². The van der Waals surface area contributed by atoms with Gasteiger partial charge in [-0.3, -0.25) is 9.78 Å². The van der Waals surface area contributed by atoms with Crippen molar-refractivity contribution in [1.82, 2.24) is 10.3 Å². The Labute approximate surface area is 119 Å². The zero-order valence-electron chi connectivity index (χ0n) is 11.6. The molecule has 1 aliphatic rings. The molecule has 1 amide bonds. The summed E-state index contributed by atoms with van der Waals surface area (Å²) in [7, 11) is 0. The minimum Gasteiger partial charge on any atom is -0.352 e. The molecule has 0 unspecified atom stereocenters. The second-order valence-corrected chi connectivity index (χ2v) is 5.57. The van der Waals surface area contributed by atoms with Crippen LogP contribution in [0.2, 0.25) is 0 Å². The lowest BCUT2D eigenvalue weighted by molar-refractivity contribution is 0.0953. The Morgan fingerprint density at radius 2 is 2.05 bits per heavy atom. The average molecular weight is 268 g/mol. The van der Waals surface area contributed by atoms with E-state index in [0.717, 1.165) is 35.3 Å². The van der Waals surface area contributed by atoms with Gasteiger partial charge in [-0.15, -0.1) is 0 Å². The van der Waals surface area contributed by atoms with Gasteiger partial charge < -0.3 is 5.32 Å². The number of hydrogen-bond donors (Lipinski definition) is 1. The number of carbonyl (C=O) groups excluding carboxylic acids is 1. The number of hydrogen-bond acceptors (Lipinski definition) is 2. The van der Waals surface area contributed by atoms with E-state index in [1.54, 1.807) is 6.20 Å². The van der Waals surface area contributed by atoms with Crippen LogP contribution >= 0.6 is 0 Å². The SMILES string of the molecule is O=C(NCCC1CCCC1)c1cccc2ncccc12. The van der Waals surface area contributed by atoms with Gasteiger partial charge in [0, 0.05) is 23.7 Å². The Kier molecular flexibility index (Phi) is 3.95. The van der Waals surface area contributed by atoms with E-state index >= 15 is 0 Å². The van der Waals surface area contributed by atoms with Crippen molar-refractivity contribution in [3.8, 4) is 0 Å². The third-order valence-electron chi connectivity index (χ3n) is 4.20. The summed E-state index contributed by atoms with van der Waals surface area (Å²) in [5, 5.41) is 3.98. The van der Waals surface area contributed by atoms with Crippen molar-refractivity contribution >= 4 is 16.8 Å². The van der Waals surface area contributed by atoms with Crippen LogP contribution in [0.15, 0.2) is 36.5 Å². The Hall–Kier alpha value is -1.90. The van der Waals surface area contributed by atoms with Crippen LogP contribution in [0.4, 0.5) is 0 Å². The molecule has 0 spiro atoms. The topological polar surface area (TPSA) is 42.0 Å². The van der Waals surface area contributed by atoms with E-state index in [0.29, 0.717) is 0 Å². The normalized spacial score (nSPS) is 15.6. The number of benzene rings is 1. The highest BCUT2D eigenvalue weighted by Crippen LogP contribution is 2.27. The van der Waals surface area contributed by atoms with Gasteiger partial charge in [-0.05, 0) is 30.5 Å². The number of fused-ring (bicyclic) bond motifs is 1. The smallest absolute Gasteiger partial charge is 0.251 e. The molecule has 3 heteroatoms. The molecular formula is C17H20N2O. The Morgan fingerprint density at radius 1 is 1.20 bits per heavy atom. The van der Waals surface area contributed by atoms with Crippen LogP contribution in [0.5, 0.6) is 0 Å². The molecule has 0 saturated heterocycles. The molecule has 3 rings (SSSR count). The maximum Gasteiger partial charge on any atom is 0.251 e. The summed E-state index contributed by atoms with van der Waals surface area (Å²) in [4.78, 5) is 16.6. The molecule has 0 bridgehead atoms. The number of aromatic nitrogens is 1. The lowest BCUT2D eigenvalue weighted by atomic mass is 10.0. The molecule has 0 radical (unpaired) electrons. The van der Waals surface area contributed by atoms with Gasteiger partial charge in [0.25, 0.3) is 5.91 Å². The number of rotatable bonds is 4. The summed E-state index contributed by atoms with van der Waals surface area (Å²) >= 11 is 0. The standard InChI is InChI=1S/C17H20N2O/c20-17(19-12-10-13-5-1-2-6-13)15-7-3-9-16-14(15)8-4-11-18-16/h3-4,7-9,11,13H,1-2,5-6,10,12H2,(H,19,20). The molecule has 1 aromatic heterocycles. The van der Waals surface area contributed by atoms with E-state index in [2.05, 4.69) is 10.3 Å². The molecule has 104 valence electrons. The van der Waals surface area contributed by atoms with Crippen molar-refractivity contribution in [1.29, 1.82) is 0 Å². The molecular weight excluding hydrogens is 248 g/mol. The second kappa shape index (κ2) is 6.04. The van der Waals surface area contributed by atoms with Gasteiger partial charge in [-0.2, -0.15) is 0 Å². The van der Waals surface area contributed by atoms with Crippen LogP contribution < -0.4 is 5.32 Å². The zero-order chi connectivity index (χ0) is 13.8. The molecule has 1 heterocycles. The monoisotopic (exact) mass is 268 g/mol. The molecule has 3 nitrogen and oxygen atoms in total. The zero-order valence-corrected chi connectivity index (χ0v) is 11.6. The largest absolute Gasteiger partial charge is 0.352 e. The van der Waals surface area contributed by atoms with E-state index in [9.17, 15) is 4.79 Å². The van der Waals surface area contributed by atoms with Crippen molar-refractivity contribution in [2.45, 2.75) is 32.1 Å². The minimum absolute atomic E-state index is 0.0154. The van der Waals surface area contributed by atoms with Crippen molar-refractivity contribution < 1.29 is 4.79 Å². The van der Waals surface area contributed by atoms with Gasteiger partial charge in [0.15, 0.2) is 0 Å². The molecule has 1 aliphatic carbocycles. The van der Waals surface area contributed by atoms with Crippen molar-refractivity contribution in [2.75, 3.05) is 6.54 Å².